The van der Waals surface area contributed by atoms with Crippen molar-refractivity contribution in [2.24, 2.45) is 0 Å². The van der Waals surface area contributed by atoms with Crippen LogP contribution in [0.25, 0.3) is 11.5 Å². The second-order valence-corrected chi connectivity index (χ2v) is 8.18. The van der Waals surface area contributed by atoms with Crippen LogP contribution in [0.4, 0.5) is 10.5 Å². The fourth-order valence-electron chi connectivity index (χ4n) is 4.14. The highest BCUT2D eigenvalue weighted by Crippen LogP contribution is 2.29. The Balaban J connectivity index is 1.19. The number of amides is 2. The summed E-state index contributed by atoms with van der Waals surface area (Å²) < 4.78 is 5.50. The minimum absolute atomic E-state index is 0.0753. The number of carbonyl (C=O) groups excluding carboxylic acids is 1. The first-order valence-corrected chi connectivity index (χ1v) is 11.2. The van der Waals surface area contributed by atoms with Crippen molar-refractivity contribution in [3.05, 3.63) is 96.0 Å². The molecule has 4 aromatic rings. The Bertz CT molecular complexity index is 1200. The second-order valence-electron chi connectivity index (χ2n) is 8.18. The zero-order chi connectivity index (χ0) is 22.5. The maximum absolute atomic E-state index is 13.0. The van der Waals surface area contributed by atoms with Crippen molar-refractivity contribution < 1.29 is 9.32 Å². The molecule has 1 saturated heterocycles. The monoisotopic (exact) mass is 439 g/mol. The molecular weight excluding hydrogens is 414 g/mol. The van der Waals surface area contributed by atoms with Crippen LogP contribution in [-0.2, 0) is 6.42 Å². The molecule has 1 aliphatic rings. The number of rotatable bonds is 5. The molecule has 0 spiro atoms. The van der Waals surface area contributed by atoms with Gasteiger partial charge >= 0.3 is 6.03 Å². The van der Waals surface area contributed by atoms with Crippen LogP contribution in [0.15, 0.2) is 83.5 Å². The maximum Gasteiger partial charge on any atom is 0.321 e. The summed E-state index contributed by atoms with van der Waals surface area (Å²) in [4.78, 5) is 23.6. The van der Waals surface area contributed by atoms with Crippen molar-refractivity contribution in [2.75, 3.05) is 18.4 Å². The molecular formula is C26H25N5O2. The fourth-order valence-corrected chi connectivity index (χ4v) is 4.14. The molecule has 0 unspecified atom stereocenters. The van der Waals surface area contributed by atoms with Gasteiger partial charge in [0.1, 0.15) is 5.69 Å². The van der Waals surface area contributed by atoms with Gasteiger partial charge in [-0.3, -0.25) is 4.98 Å². The highest BCUT2D eigenvalue weighted by molar-refractivity contribution is 5.90. The summed E-state index contributed by atoms with van der Waals surface area (Å²) in [6.45, 7) is 1.28. The predicted octanol–water partition coefficient (Wildman–Crippen LogP) is 5.13. The Morgan fingerprint density at radius 3 is 2.52 bits per heavy atom. The molecule has 2 amide bonds. The highest BCUT2D eigenvalue weighted by Gasteiger charge is 2.28. The van der Waals surface area contributed by atoms with E-state index in [0.29, 0.717) is 30.5 Å². The van der Waals surface area contributed by atoms with Crippen molar-refractivity contribution in [2.45, 2.75) is 25.2 Å². The van der Waals surface area contributed by atoms with E-state index in [2.05, 4.69) is 38.6 Å². The van der Waals surface area contributed by atoms with Crippen molar-refractivity contribution in [1.29, 1.82) is 0 Å². The van der Waals surface area contributed by atoms with Gasteiger partial charge in [-0.15, -0.1) is 0 Å². The van der Waals surface area contributed by atoms with E-state index in [9.17, 15) is 4.79 Å². The number of carbonyl (C=O) groups is 1. The number of hydrogen-bond donors (Lipinski definition) is 1. The average Bonchev–Trinajstić information content (AvgIpc) is 3.37. The molecule has 166 valence electrons. The quantitative estimate of drug-likeness (QED) is 0.466. The van der Waals surface area contributed by atoms with Gasteiger partial charge in [0.15, 0.2) is 0 Å². The Morgan fingerprint density at radius 1 is 0.970 bits per heavy atom. The average molecular weight is 440 g/mol. The highest BCUT2D eigenvalue weighted by atomic mass is 16.5. The van der Waals surface area contributed by atoms with E-state index in [1.165, 1.54) is 5.56 Å². The number of hydrogen-bond acceptors (Lipinski definition) is 5. The molecule has 0 saturated carbocycles. The zero-order valence-electron chi connectivity index (χ0n) is 18.2. The number of anilines is 1. The van der Waals surface area contributed by atoms with Gasteiger partial charge in [-0.1, -0.05) is 59.8 Å². The minimum Gasteiger partial charge on any atom is -0.339 e. The topological polar surface area (TPSA) is 84.2 Å². The SMILES string of the molecule is O=C(Nc1ccccc1Cc1ccccc1)N1CCC(c2nc(-c3ccccn3)no2)CC1. The lowest BCUT2D eigenvalue weighted by molar-refractivity contribution is 0.187. The van der Waals surface area contributed by atoms with Crippen molar-refractivity contribution in [1.82, 2.24) is 20.0 Å². The van der Waals surface area contributed by atoms with E-state index in [4.69, 9.17) is 4.52 Å². The summed E-state index contributed by atoms with van der Waals surface area (Å²) in [5.41, 5.74) is 3.85. The summed E-state index contributed by atoms with van der Waals surface area (Å²) >= 11 is 0. The number of pyridine rings is 1. The van der Waals surface area contributed by atoms with E-state index >= 15 is 0 Å². The van der Waals surface area contributed by atoms with Gasteiger partial charge in [0.05, 0.1) is 0 Å². The molecule has 33 heavy (non-hydrogen) atoms. The Kier molecular flexibility index (Phi) is 6.10. The van der Waals surface area contributed by atoms with Crippen LogP contribution < -0.4 is 5.32 Å². The lowest BCUT2D eigenvalue weighted by Crippen LogP contribution is -2.40. The van der Waals surface area contributed by atoms with Crippen LogP contribution in [0.3, 0.4) is 0 Å². The maximum atomic E-state index is 13.0. The molecule has 2 aromatic heterocycles. The summed E-state index contributed by atoms with van der Waals surface area (Å²) in [6, 6.07) is 23.8. The second kappa shape index (κ2) is 9.65. The third-order valence-electron chi connectivity index (χ3n) is 5.96. The Morgan fingerprint density at radius 2 is 1.73 bits per heavy atom. The van der Waals surface area contributed by atoms with Crippen LogP contribution in [-0.4, -0.2) is 39.1 Å². The molecule has 1 aliphatic heterocycles. The number of piperidine rings is 1. The van der Waals surface area contributed by atoms with Gasteiger partial charge in [0.2, 0.25) is 11.7 Å². The van der Waals surface area contributed by atoms with Gasteiger partial charge in [-0.25, -0.2) is 4.79 Å². The number of nitrogens with one attached hydrogen (secondary N) is 1. The standard InChI is InChI=1S/C26H25N5O2/c32-26(28-22-11-5-4-10-21(22)18-19-8-2-1-3-9-19)31-16-13-20(14-17-31)25-29-24(30-33-25)23-12-6-7-15-27-23/h1-12,15,20H,13-14,16-18H2,(H,28,32). The van der Waals surface area contributed by atoms with E-state index in [1.807, 2.05) is 59.5 Å². The molecule has 7 heteroatoms. The van der Waals surface area contributed by atoms with Gasteiger partial charge in [-0.2, -0.15) is 4.98 Å². The Hall–Kier alpha value is -4.00. The number of nitrogens with zero attached hydrogens (tertiary/aromatic N) is 4. The number of aromatic nitrogens is 3. The van der Waals surface area contributed by atoms with E-state index < -0.39 is 0 Å². The predicted molar refractivity (Wildman–Crippen MR) is 126 cm³/mol. The van der Waals surface area contributed by atoms with Crippen molar-refractivity contribution in [3.8, 4) is 11.5 Å². The fraction of sp³-hybridized carbons (Fsp3) is 0.231. The summed E-state index contributed by atoms with van der Waals surface area (Å²) in [5, 5.41) is 7.18. The normalized spacial score (nSPS) is 14.2. The molecule has 3 heterocycles. The minimum atomic E-state index is -0.0753. The van der Waals surface area contributed by atoms with Gasteiger partial charge in [-0.05, 0) is 48.6 Å². The van der Waals surface area contributed by atoms with Gasteiger partial charge < -0.3 is 14.7 Å². The molecule has 0 bridgehead atoms. The number of para-hydroxylation sites is 1. The van der Waals surface area contributed by atoms with Crippen LogP contribution in [0.2, 0.25) is 0 Å². The van der Waals surface area contributed by atoms with Gasteiger partial charge in [0, 0.05) is 30.9 Å². The third kappa shape index (κ3) is 4.92. The van der Waals surface area contributed by atoms with Gasteiger partial charge in [0.25, 0.3) is 0 Å². The van der Waals surface area contributed by atoms with Crippen LogP contribution >= 0.6 is 0 Å². The van der Waals surface area contributed by atoms with E-state index in [-0.39, 0.29) is 11.9 Å². The largest absolute Gasteiger partial charge is 0.339 e. The number of benzene rings is 2. The summed E-state index contributed by atoms with van der Waals surface area (Å²) in [5.74, 6) is 1.26. The molecule has 0 radical (unpaired) electrons. The summed E-state index contributed by atoms with van der Waals surface area (Å²) in [7, 11) is 0. The molecule has 1 N–H and O–H groups in total. The lowest BCUT2D eigenvalue weighted by atomic mass is 9.97. The molecule has 1 fully saturated rings. The third-order valence-corrected chi connectivity index (χ3v) is 5.96. The van der Waals surface area contributed by atoms with E-state index in [1.54, 1.807) is 6.20 Å². The van der Waals surface area contributed by atoms with Crippen LogP contribution in [0, 0.1) is 0 Å². The number of urea groups is 1. The smallest absolute Gasteiger partial charge is 0.321 e. The molecule has 7 nitrogen and oxygen atoms in total. The number of likely N-dealkylation sites (tertiary alicyclic amines) is 1. The molecule has 0 atom stereocenters. The molecule has 2 aromatic carbocycles. The lowest BCUT2D eigenvalue weighted by Gasteiger charge is -2.30. The summed E-state index contributed by atoms with van der Waals surface area (Å²) in [6.07, 6.45) is 4.04. The van der Waals surface area contributed by atoms with Crippen molar-refractivity contribution in [3.63, 3.8) is 0 Å². The van der Waals surface area contributed by atoms with Crippen LogP contribution in [0.1, 0.15) is 35.8 Å². The first-order chi connectivity index (χ1) is 16.3. The molecule has 0 aliphatic carbocycles. The first kappa shape index (κ1) is 20.9. The van der Waals surface area contributed by atoms with E-state index in [0.717, 1.165) is 30.5 Å². The Labute approximate surface area is 192 Å². The molecule has 5 rings (SSSR count). The zero-order valence-corrected chi connectivity index (χ0v) is 18.2. The van der Waals surface area contributed by atoms with Crippen molar-refractivity contribution >= 4 is 11.7 Å². The first-order valence-electron chi connectivity index (χ1n) is 11.2. The van der Waals surface area contributed by atoms with Crippen LogP contribution in [0.5, 0.6) is 0 Å².